The van der Waals surface area contributed by atoms with Crippen LogP contribution in [-0.2, 0) is 6.54 Å². The Morgan fingerprint density at radius 1 is 1.25 bits per heavy atom. The average molecular weight is 378 g/mol. The number of ether oxygens (including phenoxy) is 1. The van der Waals surface area contributed by atoms with Crippen molar-refractivity contribution in [2.45, 2.75) is 26.3 Å². The Morgan fingerprint density at radius 2 is 2.04 bits per heavy atom. The van der Waals surface area contributed by atoms with E-state index in [1.165, 1.54) is 0 Å². The summed E-state index contributed by atoms with van der Waals surface area (Å²) in [6.45, 7) is 3.74. The quantitative estimate of drug-likeness (QED) is 0.374. The van der Waals surface area contributed by atoms with E-state index in [0.29, 0.717) is 17.0 Å². The molecule has 28 heavy (non-hydrogen) atoms. The van der Waals surface area contributed by atoms with Crippen molar-refractivity contribution in [2.24, 2.45) is 4.99 Å². The molecule has 0 radical (unpaired) electrons. The number of benzene rings is 2. The minimum absolute atomic E-state index is 0.217. The lowest BCUT2D eigenvalue weighted by Crippen LogP contribution is -2.61. The van der Waals surface area contributed by atoms with Crippen molar-refractivity contribution >= 4 is 11.8 Å². The number of fused-ring (bicyclic) bond motifs is 3. The van der Waals surface area contributed by atoms with E-state index in [2.05, 4.69) is 28.3 Å². The van der Waals surface area contributed by atoms with Gasteiger partial charge >= 0.3 is 11.6 Å². The minimum atomic E-state index is -0.384. The van der Waals surface area contributed by atoms with Gasteiger partial charge in [-0.2, -0.15) is 0 Å². The summed E-state index contributed by atoms with van der Waals surface area (Å²) in [7, 11) is 1.58. The average Bonchev–Trinajstić information content (AvgIpc) is 3.16. The number of hydrogen-bond donors (Lipinski definition) is 0. The predicted molar refractivity (Wildman–Crippen MR) is 103 cm³/mol. The third-order valence-corrected chi connectivity index (χ3v) is 4.81. The Labute approximate surface area is 163 Å². The lowest BCUT2D eigenvalue weighted by Gasteiger charge is -2.20. The zero-order valence-corrected chi connectivity index (χ0v) is 16.0. The van der Waals surface area contributed by atoms with Crippen LogP contribution in [0.25, 0.3) is 11.3 Å². The lowest BCUT2D eigenvalue weighted by atomic mass is 10.0. The summed E-state index contributed by atoms with van der Waals surface area (Å²) in [4.78, 5) is 5.95. The summed E-state index contributed by atoms with van der Waals surface area (Å²) < 4.78 is 10.6. The molecule has 144 valence electrons. The summed E-state index contributed by atoms with van der Waals surface area (Å²) >= 11 is 0. The van der Waals surface area contributed by atoms with E-state index >= 15 is 0 Å². The molecule has 0 saturated heterocycles. The first-order chi connectivity index (χ1) is 13.7. The molecule has 0 saturated carbocycles. The second-order valence-electron chi connectivity index (χ2n) is 6.66. The maximum absolute atomic E-state index is 12.6. The molecule has 0 aliphatic carbocycles. The molecular formula is C21H22N4O3. The van der Waals surface area contributed by atoms with Gasteiger partial charge in [-0.25, -0.2) is 4.99 Å². The number of methoxy groups -OCH3 is 1. The summed E-state index contributed by atoms with van der Waals surface area (Å²) in [6.07, 6.45) is 2.12. The van der Waals surface area contributed by atoms with Crippen molar-refractivity contribution in [3.8, 4) is 17.0 Å². The molecule has 7 nitrogen and oxygen atoms in total. The molecule has 1 aliphatic rings. The molecule has 4 rings (SSSR count). The fraction of sp³-hybridized carbons (Fsp3) is 0.286. The molecule has 1 aliphatic heterocycles. The Bertz CT molecular complexity index is 995. The van der Waals surface area contributed by atoms with Gasteiger partial charge in [-0.05, 0) is 41.6 Å². The Morgan fingerprint density at radius 3 is 2.79 bits per heavy atom. The Kier molecular flexibility index (Phi) is 4.97. The fourth-order valence-electron chi connectivity index (χ4n) is 3.29. The van der Waals surface area contributed by atoms with Gasteiger partial charge in [0.15, 0.2) is 0 Å². The second-order valence-corrected chi connectivity index (χ2v) is 6.66. The van der Waals surface area contributed by atoms with Crippen molar-refractivity contribution < 1.29 is 19.2 Å². The highest BCUT2D eigenvalue weighted by Crippen LogP contribution is 2.33. The Balaban J connectivity index is 1.74. The largest absolute Gasteiger partial charge is 0.858 e. The molecule has 0 fully saturated rings. The van der Waals surface area contributed by atoms with E-state index < -0.39 is 0 Å². The molecule has 0 N–H and O–H groups in total. The van der Waals surface area contributed by atoms with Crippen LogP contribution in [0, 0.1) is 0 Å². The highest BCUT2D eigenvalue weighted by atomic mass is 16.5. The van der Waals surface area contributed by atoms with Gasteiger partial charge in [-0.15, -0.1) is 5.01 Å². The van der Waals surface area contributed by atoms with Crippen LogP contribution in [0.15, 0.2) is 58.0 Å². The molecule has 7 heteroatoms. The first-order valence-electron chi connectivity index (χ1n) is 9.37. The minimum Gasteiger partial charge on any atom is -0.858 e. The smallest absolute Gasteiger partial charge is 0.341 e. The number of unbranched alkanes of at least 4 members (excludes halogenated alkanes) is 1. The lowest BCUT2D eigenvalue weighted by molar-refractivity contribution is -0.752. The van der Waals surface area contributed by atoms with Crippen molar-refractivity contribution in [1.29, 1.82) is 0 Å². The van der Waals surface area contributed by atoms with Crippen molar-refractivity contribution in [3.05, 3.63) is 59.7 Å². The first kappa shape index (κ1) is 18.0. The van der Waals surface area contributed by atoms with Crippen LogP contribution in [0.2, 0.25) is 0 Å². The molecule has 0 atom stereocenters. The van der Waals surface area contributed by atoms with E-state index in [4.69, 9.17) is 9.26 Å². The predicted octanol–water partition coefficient (Wildman–Crippen LogP) is 2.33. The van der Waals surface area contributed by atoms with E-state index in [9.17, 15) is 5.11 Å². The SMILES string of the molecule is CCCCN1Cc2ccccc2-c2c(/N=C(/[O-])c3ccc(OC)cc3)on[n+]21. The third kappa shape index (κ3) is 3.31. The van der Waals surface area contributed by atoms with Gasteiger partial charge < -0.3 is 9.84 Å². The molecule has 2 heterocycles. The second kappa shape index (κ2) is 7.72. The maximum Gasteiger partial charge on any atom is 0.341 e. The van der Waals surface area contributed by atoms with Gasteiger partial charge in [0.2, 0.25) is 5.27 Å². The summed E-state index contributed by atoms with van der Waals surface area (Å²) in [5.74, 6) is 0.518. The van der Waals surface area contributed by atoms with E-state index in [1.54, 1.807) is 36.2 Å². The highest BCUT2D eigenvalue weighted by Gasteiger charge is 2.37. The molecule has 1 aromatic heterocycles. The first-order valence-corrected chi connectivity index (χ1v) is 9.37. The monoisotopic (exact) mass is 378 g/mol. The van der Waals surface area contributed by atoms with Crippen LogP contribution in [0.4, 0.5) is 5.88 Å². The van der Waals surface area contributed by atoms with Gasteiger partial charge in [0.05, 0.1) is 24.0 Å². The topological polar surface area (TPSA) is 77.8 Å². The maximum atomic E-state index is 12.6. The van der Waals surface area contributed by atoms with Gasteiger partial charge in [0, 0.05) is 0 Å². The van der Waals surface area contributed by atoms with Crippen molar-refractivity contribution in [3.63, 3.8) is 0 Å². The van der Waals surface area contributed by atoms with Crippen LogP contribution in [0.3, 0.4) is 0 Å². The fourth-order valence-corrected chi connectivity index (χ4v) is 3.29. The van der Waals surface area contributed by atoms with Gasteiger partial charge in [-0.3, -0.25) is 4.52 Å². The molecule has 3 aromatic rings. The number of nitrogens with zero attached hydrogens (tertiary/aromatic N) is 4. The van der Waals surface area contributed by atoms with Crippen LogP contribution in [0.5, 0.6) is 5.75 Å². The molecule has 0 spiro atoms. The number of aliphatic imine (C=N–C) groups is 1. The van der Waals surface area contributed by atoms with Crippen molar-refractivity contribution in [2.75, 3.05) is 18.7 Å². The van der Waals surface area contributed by atoms with E-state index in [-0.39, 0.29) is 11.8 Å². The molecular weight excluding hydrogens is 356 g/mol. The normalized spacial score (nSPS) is 13.2. The number of aromatic nitrogens is 2. The van der Waals surface area contributed by atoms with Crippen LogP contribution >= 0.6 is 0 Å². The molecule has 2 aromatic carbocycles. The zero-order chi connectivity index (χ0) is 19.5. The van der Waals surface area contributed by atoms with Gasteiger partial charge in [-0.1, -0.05) is 43.7 Å². The third-order valence-electron chi connectivity index (χ3n) is 4.81. The molecule has 0 amide bonds. The number of hydrogen-bond acceptors (Lipinski definition) is 6. The van der Waals surface area contributed by atoms with Crippen LogP contribution in [-0.4, -0.2) is 24.8 Å². The Hall–Kier alpha value is -3.35. The summed E-state index contributed by atoms with van der Waals surface area (Å²) in [6, 6.07) is 14.9. The van der Waals surface area contributed by atoms with Crippen LogP contribution in [0.1, 0.15) is 30.9 Å². The van der Waals surface area contributed by atoms with Crippen LogP contribution < -0.4 is 19.6 Å². The zero-order valence-electron chi connectivity index (χ0n) is 16.0. The molecule has 0 unspecified atom stereocenters. The molecule has 0 bridgehead atoms. The van der Waals surface area contributed by atoms with Gasteiger partial charge in [0.25, 0.3) is 0 Å². The van der Waals surface area contributed by atoms with Gasteiger partial charge in [0.1, 0.15) is 12.3 Å². The summed E-state index contributed by atoms with van der Waals surface area (Å²) in [5, 5.41) is 18.9. The standard InChI is InChI=1S/C21H22N4O3/c1-3-4-13-24-14-16-7-5-6-8-18(16)19-21(28-23-25(19)24)22-20(26)15-9-11-17(27-2)12-10-15/h5-12H,3-4,13-14H2,1-2H3. The van der Waals surface area contributed by atoms with Crippen molar-refractivity contribution in [1.82, 2.24) is 5.27 Å². The summed E-state index contributed by atoms with van der Waals surface area (Å²) in [5.41, 5.74) is 3.32. The van der Waals surface area contributed by atoms with E-state index in [0.717, 1.165) is 37.1 Å². The highest BCUT2D eigenvalue weighted by molar-refractivity contribution is 5.93. The van der Waals surface area contributed by atoms with E-state index in [1.807, 2.05) is 18.2 Å². The number of rotatable bonds is 6.